The van der Waals surface area contributed by atoms with Gasteiger partial charge in [-0.15, -0.1) is 0 Å². The molecule has 7 nitrogen and oxygen atoms in total. The van der Waals surface area contributed by atoms with E-state index in [4.69, 9.17) is 5.14 Å². The van der Waals surface area contributed by atoms with Gasteiger partial charge in [0.05, 0.1) is 10.5 Å². The van der Waals surface area contributed by atoms with Crippen molar-refractivity contribution in [2.75, 3.05) is 36.0 Å². The predicted octanol–water partition coefficient (Wildman–Crippen LogP) is 1.86. The Morgan fingerprint density at radius 3 is 2.26 bits per heavy atom. The smallest absolute Gasteiger partial charge is 0.370 e. The summed E-state index contributed by atoms with van der Waals surface area (Å²) in [6.45, 7) is 2.17. The number of sulfonamides is 1. The topological polar surface area (TPSA) is 92.4 Å². The second-order valence-electron chi connectivity index (χ2n) is 6.10. The third kappa shape index (κ3) is 4.48. The summed E-state index contributed by atoms with van der Waals surface area (Å²) in [6.07, 6.45) is -0.872. The molecule has 27 heavy (non-hydrogen) atoms. The average molecular weight is 401 g/mol. The molecule has 2 heterocycles. The van der Waals surface area contributed by atoms with Gasteiger partial charge < -0.3 is 9.80 Å². The number of anilines is 2. The SMILES string of the molecule is NS(=O)(=O)c1ccc(N2CCCN(c3ncccn3)CC2)cc1C(F)(F)F. The number of alkyl halides is 3. The second-order valence-corrected chi connectivity index (χ2v) is 7.63. The standard InChI is InChI=1S/C16H18F3N5O2S/c17-16(18,19)13-11-12(3-4-14(13)27(20,25)26)23-7-2-8-24(10-9-23)15-21-5-1-6-22-15/h1,3-6,11H,2,7-10H2,(H2,20,25,26). The molecule has 0 bridgehead atoms. The van der Waals surface area contributed by atoms with Gasteiger partial charge in [-0.05, 0) is 30.7 Å². The summed E-state index contributed by atoms with van der Waals surface area (Å²) in [7, 11) is -4.48. The van der Waals surface area contributed by atoms with E-state index in [1.54, 1.807) is 23.4 Å². The van der Waals surface area contributed by atoms with Crippen molar-refractivity contribution in [1.82, 2.24) is 9.97 Å². The molecule has 0 unspecified atom stereocenters. The Kier molecular flexibility index (Phi) is 5.24. The van der Waals surface area contributed by atoms with E-state index < -0.39 is 26.7 Å². The fourth-order valence-electron chi connectivity index (χ4n) is 3.01. The van der Waals surface area contributed by atoms with Gasteiger partial charge in [0.1, 0.15) is 0 Å². The molecule has 2 N–H and O–H groups in total. The van der Waals surface area contributed by atoms with Gasteiger partial charge in [0.15, 0.2) is 0 Å². The zero-order valence-corrected chi connectivity index (χ0v) is 15.0. The monoisotopic (exact) mass is 401 g/mol. The lowest BCUT2D eigenvalue weighted by Crippen LogP contribution is -2.32. The van der Waals surface area contributed by atoms with Crippen molar-refractivity contribution in [1.29, 1.82) is 0 Å². The first-order chi connectivity index (χ1) is 12.7. The molecule has 1 aromatic carbocycles. The fourth-order valence-corrected chi connectivity index (χ4v) is 3.75. The maximum Gasteiger partial charge on any atom is 0.417 e. The first-order valence-electron chi connectivity index (χ1n) is 8.17. The Bertz CT molecular complexity index is 906. The minimum Gasteiger partial charge on any atom is -0.370 e. The molecule has 1 aromatic heterocycles. The number of hydrogen-bond donors (Lipinski definition) is 1. The fraction of sp³-hybridized carbons (Fsp3) is 0.375. The van der Waals surface area contributed by atoms with Crippen LogP contribution in [0.15, 0.2) is 41.6 Å². The summed E-state index contributed by atoms with van der Waals surface area (Å²) in [5.41, 5.74) is -0.958. The highest BCUT2D eigenvalue weighted by Gasteiger charge is 2.37. The molecule has 0 amide bonds. The van der Waals surface area contributed by atoms with Gasteiger partial charge in [0.25, 0.3) is 0 Å². The van der Waals surface area contributed by atoms with Crippen LogP contribution in [0.5, 0.6) is 0 Å². The molecule has 0 atom stereocenters. The first kappa shape index (κ1) is 19.4. The maximum absolute atomic E-state index is 13.3. The third-order valence-electron chi connectivity index (χ3n) is 4.27. The Hall–Kier alpha value is -2.40. The molecule has 1 aliphatic heterocycles. The normalized spacial score (nSPS) is 16.3. The molecule has 3 rings (SSSR count). The zero-order valence-electron chi connectivity index (χ0n) is 14.2. The molecule has 0 spiro atoms. The summed E-state index contributed by atoms with van der Waals surface area (Å²) in [5.74, 6) is 0.569. The number of hydrogen-bond acceptors (Lipinski definition) is 6. The van der Waals surface area contributed by atoms with Crippen LogP contribution in [0.1, 0.15) is 12.0 Å². The molecule has 2 aromatic rings. The van der Waals surface area contributed by atoms with Gasteiger partial charge >= 0.3 is 6.18 Å². The highest BCUT2D eigenvalue weighted by molar-refractivity contribution is 7.89. The number of halogens is 3. The second kappa shape index (κ2) is 7.31. The van der Waals surface area contributed by atoms with Crippen LogP contribution in [0, 0.1) is 0 Å². The summed E-state index contributed by atoms with van der Waals surface area (Å²) in [6, 6.07) is 4.81. The summed E-state index contributed by atoms with van der Waals surface area (Å²) in [5, 5.41) is 4.93. The van der Waals surface area contributed by atoms with Gasteiger partial charge in [0, 0.05) is 44.3 Å². The van der Waals surface area contributed by atoms with Crippen molar-refractivity contribution in [3.8, 4) is 0 Å². The Balaban J connectivity index is 1.86. The van der Waals surface area contributed by atoms with E-state index in [0.29, 0.717) is 44.2 Å². The lowest BCUT2D eigenvalue weighted by Gasteiger charge is -2.25. The number of benzene rings is 1. The predicted molar refractivity (Wildman–Crippen MR) is 93.9 cm³/mol. The van der Waals surface area contributed by atoms with Crippen molar-refractivity contribution >= 4 is 21.7 Å². The molecule has 1 fully saturated rings. The molecule has 1 saturated heterocycles. The van der Waals surface area contributed by atoms with Crippen LogP contribution in [0.4, 0.5) is 24.8 Å². The van der Waals surface area contributed by atoms with Gasteiger partial charge in [-0.25, -0.2) is 23.5 Å². The highest BCUT2D eigenvalue weighted by atomic mass is 32.2. The summed E-state index contributed by atoms with van der Waals surface area (Å²) >= 11 is 0. The van der Waals surface area contributed by atoms with E-state index in [2.05, 4.69) is 9.97 Å². The molecule has 0 aliphatic carbocycles. The van der Waals surface area contributed by atoms with Gasteiger partial charge in [-0.1, -0.05) is 0 Å². The lowest BCUT2D eigenvalue weighted by atomic mass is 10.1. The van der Waals surface area contributed by atoms with Crippen molar-refractivity contribution in [3.05, 3.63) is 42.2 Å². The molecular weight excluding hydrogens is 383 g/mol. The Morgan fingerprint density at radius 2 is 1.63 bits per heavy atom. The van der Waals surface area contributed by atoms with Gasteiger partial charge in [0.2, 0.25) is 16.0 Å². The quantitative estimate of drug-likeness (QED) is 0.844. The molecule has 146 valence electrons. The molecule has 1 aliphatic rings. The zero-order chi connectivity index (χ0) is 19.7. The van der Waals surface area contributed by atoms with E-state index in [1.807, 2.05) is 4.90 Å². The van der Waals surface area contributed by atoms with E-state index in [9.17, 15) is 21.6 Å². The van der Waals surface area contributed by atoms with Crippen molar-refractivity contribution in [2.24, 2.45) is 5.14 Å². The minimum atomic E-state index is -4.83. The van der Waals surface area contributed by atoms with Crippen molar-refractivity contribution < 1.29 is 21.6 Å². The molecule has 11 heteroatoms. The maximum atomic E-state index is 13.3. The Morgan fingerprint density at radius 1 is 1.00 bits per heavy atom. The van der Waals surface area contributed by atoms with E-state index in [1.165, 1.54) is 6.07 Å². The van der Waals surface area contributed by atoms with Crippen LogP contribution in [-0.4, -0.2) is 44.6 Å². The number of nitrogens with two attached hydrogens (primary N) is 1. The molecular formula is C16H18F3N5O2S. The molecule has 0 radical (unpaired) electrons. The van der Waals surface area contributed by atoms with Crippen LogP contribution < -0.4 is 14.9 Å². The minimum absolute atomic E-state index is 0.297. The van der Waals surface area contributed by atoms with Crippen LogP contribution in [-0.2, 0) is 16.2 Å². The highest BCUT2D eigenvalue weighted by Crippen LogP contribution is 2.36. The van der Waals surface area contributed by atoms with E-state index >= 15 is 0 Å². The first-order valence-corrected chi connectivity index (χ1v) is 9.72. The largest absolute Gasteiger partial charge is 0.417 e. The van der Waals surface area contributed by atoms with Crippen LogP contribution in [0.2, 0.25) is 0 Å². The lowest BCUT2D eigenvalue weighted by molar-refractivity contribution is -0.139. The van der Waals surface area contributed by atoms with E-state index in [-0.39, 0.29) is 0 Å². The van der Waals surface area contributed by atoms with E-state index in [0.717, 1.165) is 12.1 Å². The van der Waals surface area contributed by atoms with Gasteiger partial charge in [-0.2, -0.15) is 13.2 Å². The third-order valence-corrected chi connectivity index (χ3v) is 5.24. The average Bonchev–Trinajstić information content (AvgIpc) is 2.87. The molecule has 0 saturated carbocycles. The van der Waals surface area contributed by atoms with Crippen LogP contribution in [0.3, 0.4) is 0 Å². The number of nitrogens with zero attached hydrogens (tertiary/aromatic N) is 4. The van der Waals surface area contributed by atoms with Crippen molar-refractivity contribution in [2.45, 2.75) is 17.5 Å². The van der Waals surface area contributed by atoms with Crippen LogP contribution >= 0.6 is 0 Å². The number of primary sulfonamides is 1. The van der Waals surface area contributed by atoms with Crippen LogP contribution in [0.25, 0.3) is 0 Å². The number of aromatic nitrogens is 2. The summed E-state index contributed by atoms with van der Waals surface area (Å²) in [4.78, 5) is 11.2. The van der Waals surface area contributed by atoms with Gasteiger partial charge in [-0.3, -0.25) is 0 Å². The summed E-state index contributed by atoms with van der Waals surface area (Å²) < 4.78 is 63.0. The van der Waals surface area contributed by atoms with Crippen molar-refractivity contribution in [3.63, 3.8) is 0 Å². The number of rotatable bonds is 3. The Labute approximate surface area is 154 Å².